The molecule has 1 aromatic carbocycles. The largest absolute Gasteiger partial charge is 0.379 e. The van der Waals surface area contributed by atoms with Gasteiger partial charge in [-0.05, 0) is 43.6 Å². The first-order valence-electron chi connectivity index (χ1n) is 7.27. The monoisotopic (exact) mass is 293 g/mol. The van der Waals surface area contributed by atoms with Gasteiger partial charge in [-0.2, -0.15) is 0 Å². The van der Waals surface area contributed by atoms with E-state index in [1.807, 2.05) is 26.0 Å². The van der Waals surface area contributed by atoms with Crippen molar-refractivity contribution in [2.45, 2.75) is 38.0 Å². The molecule has 4 heteroatoms. The van der Waals surface area contributed by atoms with Gasteiger partial charge in [-0.25, -0.2) is 0 Å². The van der Waals surface area contributed by atoms with Gasteiger partial charge < -0.3 is 10.1 Å². The van der Waals surface area contributed by atoms with Gasteiger partial charge in [0.05, 0.1) is 6.10 Å². The van der Waals surface area contributed by atoms with Crippen LogP contribution < -0.4 is 5.32 Å². The molecule has 0 spiro atoms. The number of ether oxygens (including phenoxy) is 1. The van der Waals surface area contributed by atoms with E-state index < -0.39 is 0 Å². The maximum absolute atomic E-state index is 12.3. The van der Waals surface area contributed by atoms with Crippen LogP contribution in [0.4, 0.5) is 0 Å². The molecule has 0 saturated heterocycles. The van der Waals surface area contributed by atoms with Gasteiger partial charge in [0.1, 0.15) is 5.25 Å². The second-order valence-corrected chi connectivity index (χ2v) is 6.48. The molecule has 1 aliphatic rings. The Kier molecular flexibility index (Phi) is 5.92. The van der Waals surface area contributed by atoms with Crippen molar-refractivity contribution < 1.29 is 9.53 Å². The Morgan fingerprint density at radius 3 is 3.05 bits per heavy atom. The van der Waals surface area contributed by atoms with E-state index in [9.17, 15) is 4.79 Å². The fraction of sp³-hybridized carbons (Fsp3) is 0.562. The Bertz CT molecular complexity index is 448. The molecule has 110 valence electrons. The van der Waals surface area contributed by atoms with E-state index in [0.29, 0.717) is 13.2 Å². The highest BCUT2D eigenvalue weighted by Gasteiger charge is 2.26. The van der Waals surface area contributed by atoms with Crippen LogP contribution >= 0.6 is 11.8 Å². The van der Waals surface area contributed by atoms with E-state index in [1.54, 1.807) is 11.8 Å². The first kappa shape index (κ1) is 15.4. The molecule has 3 nitrogen and oxygen atoms in total. The van der Waals surface area contributed by atoms with Crippen molar-refractivity contribution >= 4 is 17.7 Å². The van der Waals surface area contributed by atoms with Gasteiger partial charge in [-0.1, -0.05) is 24.3 Å². The molecule has 0 aromatic heterocycles. The Morgan fingerprint density at radius 1 is 1.45 bits per heavy atom. The Balaban J connectivity index is 1.82. The van der Waals surface area contributed by atoms with Crippen molar-refractivity contribution in [2.75, 3.05) is 18.9 Å². The number of nitrogens with one attached hydrogen (secondary N) is 1. The number of amides is 1. The molecule has 1 N–H and O–H groups in total. The summed E-state index contributed by atoms with van der Waals surface area (Å²) in [6, 6.07) is 8.27. The Labute approximate surface area is 125 Å². The number of hydrogen-bond acceptors (Lipinski definition) is 3. The van der Waals surface area contributed by atoms with Gasteiger partial charge in [0.25, 0.3) is 0 Å². The van der Waals surface area contributed by atoms with E-state index in [4.69, 9.17) is 4.74 Å². The first-order valence-corrected chi connectivity index (χ1v) is 8.32. The van der Waals surface area contributed by atoms with Crippen molar-refractivity contribution in [3.63, 3.8) is 0 Å². The first-order chi connectivity index (χ1) is 9.68. The third kappa shape index (κ3) is 4.25. The number of benzene rings is 1. The Morgan fingerprint density at radius 2 is 2.25 bits per heavy atom. The number of carbonyl (C=O) groups excluding carboxylic acids is 1. The SMILES string of the molecule is CC(C)OCCCNC(=O)[C@H]1SCCc2ccccc21. The predicted octanol–water partition coefficient (Wildman–Crippen LogP) is 2.95. The number of carbonyl (C=O) groups is 1. The molecular formula is C16H23NO2S. The maximum Gasteiger partial charge on any atom is 0.237 e. The van der Waals surface area contributed by atoms with E-state index in [-0.39, 0.29) is 17.3 Å². The van der Waals surface area contributed by atoms with Crippen LogP contribution in [0.25, 0.3) is 0 Å². The highest BCUT2D eigenvalue weighted by atomic mass is 32.2. The average Bonchev–Trinajstić information content (AvgIpc) is 2.45. The molecule has 0 radical (unpaired) electrons. The summed E-state index contributed by atoms with van der Waals surface area (Å²) in [6.07, 6.45) is 2.18. The zero-order valence-corrected chi connectivity index (χ0v) is 13.0. The summed E-state index contributed by atoms with van der Waals surface area (Å²) >= 11 is 1.74. The number of fused-ring (bicyclic) bond motifs is 1. The second kappa shape index (κ2) is 7.70. The lowest BCUT2D eigenvalue weighted by atomic mass is 10.0. The summed E-state index contributed by atoms with van der Waals surface area (Å²) in [6.45, 7) is 5.43. The molecule has 2 rings (SSSR count). The van der Waals surface area contributed by atoms with Gasteiger partial charge >= 0.3 is 0 Å². The zero-order valence-electron chi connectivity index (χ0n) is 12.2. The van der Waals surface area contributed by atoms with Gasteiger partial charge in [0.15, 0.2) is 0 Å². The van der Waals surface area contributed by atoms with Crippen molar-refractivity contribution in [3.05, 3.63) is 35.4 Å². The third-order valence-electron chi connectivity index (χ3n) is 3.30. The highest BCUT2D eigenvalue weighted by molar-refractivity contribution is 8.00. The molecule has 0 aliphatic carbocycles. The lowest BCUT2D eigenvalue weighted by Crippen LogP contribution is -2.31. The molecule has 0 fully saturated rings. The van der Waals surface area contributed by atoms with Crippen LogP contribution in [0.15, 0.2) is 24.3 Å². The van der Waals surface area contributed by atoms with Crippen LogP contribution in [0.1, 0.15) is 36.6 Å². The smallest absolute Gasteiger partial charge is 0.237 e. The van der Waals surface area contributed by atoms with E-state index in [2.05, 4.69) is 17.4 Å². The second-order valence-electron chi connectivity index (χ2n) is 5.26. The molecule has 0 unspecified atom stereocenters. The summed E-state index contributed by atoms with van der Waals surface area (Å²) in [7, 11) is 0. The van der Waals surface area contributed by atoms with Gasteiger partial charge in [-0.3, -0.25) is 4.79 Å². The molecule has 1 heterocycles. The molecule has 1 amide bonds. The minimum Gasteiger partial charge on any atom is -0.379 e. The zero-order chi connectivity index (χ0) is 14.4. The van der Waals surface area contributed by atoms with Crippen LogP contribution in [0.5, 0.6) is 0 Å². The molecule has 1 aliphatic heterocycles. The van der Waals surface area contributed by atoms with Crippen LogP contribution in [0.2, 0.25) is 0 Å². The summed E-state index contributed by atoms with van der Waals surface area (Å²) in [5.74, 6) is 1.15. The summed E-state index contributed by atoms with van der Waals surface area (Å²) < 4.78 is 5.47. The summed E-state index contributed by atoms with van der Waals surface area (Å²) in [4.78, 5) is 12.3. The lowest BCUT2D eigenvalue weighted by Gasteiger charge is -2.24. The van der Waals surface area contributed by atoms with E-state index in [1.165, 1.54) is 11.1 Å². The fourth-order valence-corrected chi connectivity index (χ4v) is 3.52. The van der Waals surface area contributed by atoms with E-state index >= 15 is 0 Å². The molecule has 1 aromatic rings. The average molecular weight is 293 g/mol. The molecule has 0 bridgehead atoms. The minimum atomic E-state index is -0.0500. The topological polar surface area (TPSA) is 38.3 Å². The number of thioether (sulfide) groups is 1. The summed E-state index contributed by atoms with van der Waals surface area (Å²) in [5.41, 5.74) is 2.49. The number of hydrogen-bond donors (Lipinski definition) is 1. The molecule has 0 saturated carbocycles. The van der Waals surface area contributed by atoms with Crippen LogP contribution in [-0.4, -0.2) is 30.9 Å². The molecule has 20 heavy (non-hydrogen) atoms. The van der Waals surface area contributed by atoms with Crippen LogP contribution in [0, 0.1) is 0 Å². The van der Waals surface area contributed by atoms with Crippen LogP contribution in [0.3, 0.4) is 0 Å². The third-order valence-corrected chi connectivity index (χ3v) is 4.54. The van der Waals surface area contributed by atoms with Crippen LogP contribution in [-0.2, 0) is 16.0 Å². The maximum atomic E-state index is 12.3. The van der Waals surface area contributed by atoms with Crippen molar-refractivity contribution in [1.82, 2.24) is 5.32 Å². The van der Waals surface area contributed by atoms with E-state index in [0.717, 1.165) is 18.6 Å². The normalized spacial score (nSPS) is 17.9. The lowest BCUT2D eigenvalue weighted by molar-refractivity contribution is -0.120. The predicted molar refractivity (Wildman–Crippen MR) is 84.1 cm³/mol. The highest BCUT2D eigenvalue weighted by Crippen LogP contribution is 2.36. The van der Waals surface area contributed by atoms with Crippen molar-refractivity contribution in [1.29, 1.82) is 0 Å². The Hall–Kier alpha value is -1.00. The minimum absolute atomic E-state index is 0.0500. The van der Waals surface area contributed by atoms with Crippen molar-refractivity contribution in [2.24, 2.45) is 0 Å². The molecular weight excluding hydrogens is 270 g/mol. The van der Waals surface area contributed by atoms with Gasteiger partial charge in [0.2, 0.25) is 5.91 Å². The quantitative estimate of drug-likeness (QED) is 0.820. The van der Waals surface area contributed by atoms with Gasteiger partial charge in [-0.15, -0.1) is 11.8 Å². The molecule has 1 atom stereocenters. The number of aryl methyl sites for hydroxylation is 1. The number of rotatable bonds is 6. The summed E-state index contributed by atoms with van der Waals surface area (Å²) in [5, 5.41) is 2.98. The fourth-order valence-electron chi connectivity index (χ4n) is 2.31. The van der Waals surface area contributed by atoms with Crippen molar-refractivity contribution in [3.8, 4) is 0 Å². The van der Waals surface area contributed by atoms with Gasteiger partial charge in [0, 0.05) is 13.2 Å². The standard InChI is InChI=1S/C16H23NO2S/c1-12(2)19-10-5-9-17-16(18)15-14-7-4-3-6-13(14)8-11-20-15/h3-4,6-7,12,15H,5,8-11H2,1-2H3,(H,17,18)/t15-/m0/s1.